The van der Waals surface area contributed by atoms with E-state index < -0.39 is 5.91 Å². The number of ether oxygens (including phenoxy) is 1. The molecular weight excluding hydrogens is 256 g/mol. The molecule has 5 nitrogen and oxygen atoms in total. The van der Waals surface area contributed by atoms with Gasteiger partial charge in [0.25, 0.3) is 5.91 Å². The standard InChI is InChI=1S/C15H18N2O3/c1-10(2)9-20-14(18)8-17-7-12(15(16)19)11-5-3-4-6-13(11)17/h3-7,10H,8-9H2,1-2H3,(H2,16,19). The topological polar surface area (TPSA) is 74.3 Å². The van der Waals surface area contributed by atoms with E-state index >= 15 is 0 Å². The predicted molar refractivity (Wildman–Crippen MR) is 76.3 cm³/mol. The SMILES string of the molecule is CC(C)COC(=O)Cn1cc(C(N)=O)c2ccccc21. The molecule has 2 N–H and O–H groups in total. The van der Waals surface area contributed by atoms with Crippen LogP contribution < -0.4 is 5.73 Å². The Morgan fingerprint density at radius 2 is 2.00 bits per heavy atom. The number of hydrogen-bond acceptors (Lipinski definition) is 3. The second-order valence-electron chi connectivity index (χ2n) is 5.13. The predicted octanol–water partition coefficient (Wildman–Crippen LogP) is 1.94. The molecule has 0 fully saturated rings. The first-order valence-corrected chi connectivity index (χ1v) is 6.52. The molecule has 0 unspecified atom stereocenters. The van der Waals surface area contributed by atoms with Crippen LogP contribution >= 0.6 is 0 Å². The second-order valence-corrected chi connectivity index (χ2v) is 5.13. The lowest BCUT2D eigenvalue weighted by Gasteiger charge is -2.08. The fraction of sp³-hybridized carbons (Fsp3) is 0.333. The molecule has 1 aromatic carbocycles. The van der Waals surface area contributed by atoms with Gasteiger partial charge in [-0.15, -0.1) is 0 Å². The highest BCUT2D eigenvalue weighted by atomic mass is 16.5. The zero-order valence-electron chi connectivity index (χ0n) is 11.6. The van der Waals surface area contributed by atoms with E-state index in [1.807, 2.05) is 38.1 Å². The molecule has 0 radical (unpaired) electrons. The third-order valence-electron chi connectivity index (χ3n) is 2.93. The number of esters is 1. The Balaban J connectivity index is 2.26. The number of fused-ring (bicyclic) bond motifs is 1. The molecule has 0 aliphatic carbocycles. The molecule has 0 atom stereocenters. The van der Waals surface area contributed by atoms with Crippen molar-refractivity contribution in [3.8, 4) is 0 Å². The van der Waals surface area contributed by atoms with E-state index in [0.29, 0.717) is 18.1 Å². The van der Waals surface area contributed by atoms with Crippen LogP contribution in [0, 0.1) is 5.92 Å². The van der Waals surface area contributed by atoms with Crippen molar-refractivity contribution in [2.24, 2.45) is 11.7 Å². The molecule has 2 rings (SSSR count). The lowest BCUT2D eigenvalue weighted by molar-refractivity contribution is -0.145. The maximum absolute atomic E-state index is 11.8. The van der Waals surface area contributed by atoms with Gasteiger partial charge < -0.3 is 15.0 Å². The summed E-state index contributed by atoms with van der Waals surface area (Å²) in [5, 5.41) is 0.747. The summed E-state index contributed by atoms with van der Waals surface area (Å²) in [6.45, 7) is 4.41. The maximum Gasteiger partial charge on any atom is 0.325 e. The van der Waals surface area contributed by atoms with Crippen molar-refractivity contribution in [3.05, 3.63) is 36.0 Å². The largest absolute Gasteiger partial charge is 0.464 e. The monoisotopic (exact) mass is 274 g/mol. The molecule has 0 aliphatic heterocycles. The number of para-hydroxylation sites is 1. The minimum absolute atomic E-state index is 0.0700. The summed E-state index contributed by atoms with van der Waals surface area (Å²) in [5.41, 5.74) is 6.56. The molecule has 0 aliphatic rings. The number of nitrogens with two attached hydrogens (primary N) is 1. The third-order valence-corrected chi connectivity index (χ3v) is 2.93. The van der Waals surface area contributed by atoms with E-state index in [4.69, 9.17) is 10.5 Å². The number of hydrogen-bond donors (Lipinski definition) is 1. The van der Waals surface area contributed by atoms with Gasteiger partial charge in [0.2, 0.25) is 0 Å². The van der Waals surface area contributed by atoms with E-state index in [1.165, 1.54) is 0 Å². The number of amides is 1. The average molecular weight is 274 g/mol. The minimum atomic E-state index is -0.504. The summed E-state index contributed by atoms with van der Waals surface area (Å²) in [4.78, 5) is 23.2. The maximum atomic E-state index is 11.8. The molecule has 20 heavy (non-hydrogen) atoms. The smallest absolute Gasteiger partial charge is 0.325 e. The number of benzene rings is 1. The zero-order valence-corrected chi connectivity index (χ0v) is 11.6. The molecule has 0 spiro atoms. The van der Waals surface area contributed by atoms with Crippen LogP contribution in [0.5, 0.6) is 0 Å². The van der Waals surface area contributed by atoms with Gasteiger partial charge in [-0.25, -0.2) is 0 Å². The number of carbonyl (C=O) groups excluding carboxylic acids is 2. The Bertz CT molecular complexity index is 644. The van der Waals surface area contributed by atoms with Crippen molar-refractivity contribution < 1.29 is 14.3 Å². The first-order valence-electron chi connectivity index (χ1n) is 6.52. The van der Waals surface area contributed by atoms with E-state index in [9.17, 15) is 9.59 Å². The van der Waals surface area contributed by atoms with Crippen molar-refractivity contribution in [2.45, 2.75) is 20.4 Å². The molecule has 0 bridgehead atoms. The van der Waals surface area contributed by atoms with Crippen molar-refractivity contribution in [3.63, 3.8) is 0 Å². The van der Waals surface area contributed by atoms with Crippen molar-refractivity contribution >= 4 is 22.8 Å². The fourth-order valence-electron chi connectivity index (χ4n) is 2.02. The van der Waals surface area contributed by atoms with Gasteiger partial charge >= 0.3 is 5.97 Å². The van der Waals surface area contributed by atoms with Crippen LogP contribution in [-0.2, 0) is 16.1 Å². The Hall–Kier alpha value is -2.30. The van der Waals surface area contributed by atoms with Crippen LogP contribution in [0.25, 0.3) is 10.9 Å². The molecule has 0 saturated carbocycles. The van der Waals surface area contributed by atoms with Crippen LogP contribution in [-0.4, -0.2) is 23.1 Å². The van der Waals surface area contributed by atoms with Crippen LogP contribution in [0.15, 0.2) is 30.5 Å². The Morgan fingerprint density at radius 3 is 2.65 bits per heavy atom. The summed E-state index contributed by atoms with van der Waals surface area (Å²) >= 11 is 0. The van der Waals surface area contributed by atoms with Crippen LogP contribution in [0.1, 0.15) is 24.2 Å². The summed E-state index contributed by atoms with van der Waals surface area (Å²) in [7, 11) is 0. The van der Waals surface area contributed by atoms with E-state index in [-0.39, 0.29) is 12.5 Å². The fourth-order valence-corrected chi connectivity index (χ4v) is 2.02. The number of nitrogens with zero attached hydrogens (tertiary/aromatic N) is 1. The molecule has 1 heterocycles. The Labute approximate surface area is 117 Å². The van der Waals surface area contributed by atoms with Crippen LogP contribution in [0.2, 0.25) is 0 Å². The summed E-state index contributed by atoms with van der Waals surface area (Å²) < 4.78 is 6.84. The molecule has 1 amide bonds. The van der Waals surface area contributed by atoms with Gasteiger partial charge in [0.05, 0.1) is 12.2 Å². The normalized spacial score (nSPS) is 10.9. The van der Waals surface area contributed by atoms with E-state index in [0.717, 1.165) is 10.9 Å². The second kappa shape index (κ2) is 5.77. The first kappa shape index (κ1) is 14.1. The average Bonchev–Trinajstić information content (AvgIpc) is 2.76. The highest BCUT2D eigenvalue weighted by Crippen LogP contribution is 2.20. The highest BCUT2D eigenvalue weighted by molar-refractivity contribution is 6.06. The van der Waals surface area contributed by atoms with Gasteiger partial charge in [-0.2, -0.15) is 0 Å². The Morgan fingerprint density at radius 1 is 1.30 bits per heavy atom. The summed E-state index contributed by atoms with van der Waals surface area (Å²) in [6.07, 6.45) is 1.60. The number of aromatic nitrogens is 1. The van der Waals surface area contributed by atoms with Gasteiger partial charge in [0, 0.05) is 17.1 Å². The minimum Gasteiger partial charge on any atom is -0.464 e. The molecule has 0 saturated heterocycles. The molecule has 2 aromatic rings. The highest BCUT2D eigenvalue weighted by Gasteiger charge is 2.14. The van der Waals surface area contributed by atoms with Gasteiger partial charge in [0.1, 0.15) is 6.54 Å². The number of rotatable bonds is 5. The Kier molecular flexibility index (Phi) is 4.08. The lowest BCUT2D eigenvalue weighted by atomic mass is 10.2. The molecule has 1 aromatic heterocycles. The van der Waals surface area contributed by atoms with Crippen molar-refractivity contribution in [2.75, 3.05) is 6.61 Å². The van der Waals surface area contributed by atoms with Crippen molar-refractivity contribution in [1.82, 2.24) is 4.57 Å². The first-order chi connectivity index (χ1) is 9.49. The zero-order chi connectivity index (χ0) is 14.7. The van der Waals surface area contributed by atoms with Crippen LogP contribution in [0.3, 0.4) is 0 Å². The molecule has 106 valence electrons. The van der Waals surface area contributed by atoms with E-state index in [2.05, 4.69) is 0 Å². The quantitative estimate of drug-likeness (QED) is 0.847. The lowest BCUT2D eigenvalue weighted by Crippen LogP contribution is -2.16. The van der Waals surface area contributed by atoms with Gasteiger partial charge in [-0.1, -0.05) is 32.0 Å². The third kappa shape index (κ3) is 2.99. The van der Waals surface area contributed by atoms with Gasteiger partial charge in [-0.05, 0) is 12.0 Å². The number of carbonyl (C=O) groups is 2. The molecule has 5 heteroatoms. The van der Waals surface area contributed by atoms with Crippen LogP contribution in [0.4, 0.5) is 0 Å². The van der Waals surface area contributed by atoms with E-state index in [1.54, 1.807) is 10.8 Å². The van der Waals surface area contributed by atoms with Gasteiger partial charge in [-0.3, -0.25) is 9.59 Å². The molecular formula is C15H18N2O3. The number of primary amides is 1. The van der Waals surface area contributed by atoms with Gasteiger partial charge in [0.15, 0.2) is 0 Å². The van der Waals surface area contributed by atoms with Crippen molar-refractivity contribution in [1.29, 1.82) is 0 Å². The summed E-state index contributed by atoms with van der Waals surface area (Å²) in [6, 6.07) is 7.34. The summed E-state index contributed by atoms with van der Waals surface area (Å²) in [5.74, 6) is -0.535.